The molecule has 2 N–H and O–H groups in total. The molecule has 0 saturated carbocycles. The normalized spacial score (nSPS) is 24.0. The van der Waals surface area contributed by atoms with Crippen molar-refractivity contribution in [3.8, 4) is 0 Å². The molecule has 1 fully saturated rings. The van der Waals surface area contributed by atoms with Crippen LogP contribution in [0.3, 0.4) is 0 Å². The second kappa shape index (κ2) is 1.41. The largest absolute Gasteiger partial charge is 0.373 e. The Hall–Kier alpha value is -0.0400. The summed E-state index contributed by atoms with van der Waals surface area (Å²) in [5.74, 6) is 0. The highest BCUT2D eigenvalue weighted by Gasteiger charge is 1.86. The summed E-state index contributed by atoms with van der Waals surface area (Å²) in [7, 11) is 0. The van der Waals surface area contributed by atoms with Crippen LogP contribution >= 0.6 is 0 Å². The van der Waals surface area contributed by atoms with Gasteiger partial charge < -0.3 is 5.32 Å². The van der Waals surface area contributed by atoms with Crippen molar-refractivity contribution in [1.82, 2.24) is 0 Å². The average molecular weight is 71.1 g/mol. The summed E-state index contributed by atoms with van der Waals surface area (Å²) >= 11 is 0. The average Bonchev–Trinajstić information content (AvgIpc) is 1.76. The molecule has 1 rings (SSSR count). The third kappa shape index (κ3) is 0.618. The zero-order valence-corrected chi connectivity index (χ0v) is 3.28. The van der Waals surface area contributed by atoms with Gasteiger partial charge in [-0.15, -0.1) is 6.42 Å². The molecule has 0 radical (unpaired) electrons. The Morgan fingerprint density at radius 1 is 1.60 bits per heavy atom. The van der Waals surface area contributed by atoms with Crippen molar-refractivity contribution >= 4 is 0 Å². The van der Waals surface area contributed by atoms with E-state index < -0.39 is 0 Å². The SMILES string of the molecule is [CH-]1CC[NH2+]C1. The van der Waals surface area contributed by atoms with Crippen LogP contribution in [0.2, 0.25) is 0 Å². The van der Waals surface area contributed by atoms with E-state index in [1.54, 1.807) is 0 Å². The van der Waals surface area contributed by atoms with Crippen molar-refractivity contribution in [2.45, 2.75) is 6.42 Å². The van der Waals surface area contributed by atoms with E-state index >= 15 is 0 Å². The molecule has 0 aromatic heterocycles. The summed E-state index contributed by atoms with van der Waals surface area (Å²) in [6.07, 6.45) is 3.62. The minimum Gasteiger partial charge on any atom is -0.373 e. The molecule has 1 nitrogen and oxygen atoms in total. The Balaban J connectivity index is 2.08. The molecule has 0 aromatic carbocycles. The lowest BCUT2D eigenvalue weighted by molar-refractivity contribution is -0.632. The molecule has 1 aliphatic heterocycles. The van der Waals surface area contributed by atoms with Crippen molar-refractivity contribution in [3.63, 3.8) is 0 Å². The van der Waals surface area contributed by atoms with Gasteiger partial charge in [0, 0.05) is 6.54 Å². The minimum absolute atomic E-state index is 1.25. The van der Waals surface area contributed by atoms with Crippen molar-refractivity contribution in [3.05, 3.63) is 6.42 Å². The van der Waals surface area contributed by atoms with Gasteiger partial charge in [-0.25, -0.2) is 0 Å². The van der Waals surface area contributed by atoms with E-state index in [0.717, 1.165) is 0 Å². The van der Waals surface area contributed by atoms with E-state index in [4.69, 9.17) is 0 Å². The Labute approximate surface area is 32.4 Å². The summed E-state index contributed by atoms with van der Waals surface area (Å²) in [5, 5.41) is 2.31. The highest BCUT2D eigenvalue weighted by atomic mass is 14.9. The molecule has 0 amide bonds. The molecule has 0 bridgehead atoms. The van der Waals surface area contributed by atoms with E-state index in [9.17, 15) is 0 Å². The van der Waals surface area contributed by atoms with Crippen LogP contribution in [0.1, 0.15) is 6.42 Å². The lowest BCUT2D eigenvalue weighted by atomic mass is 10.4. The van der Waals surface area contributed by atoms with Gasteiger partial charge in [-0.1, -0.05) is 0 Å². The van der Waals surface area contributed by atoms with Crippen LogP contribution in [-0.4, -0.2) is 13.1 Å². The summed E-state index contributed by atoms with van der Waals surface area (Å²) in [4.78, 5) is 0. The third-order valence-electron chi connectivity index (χ3n) is 0.908. The van der Waals surface area contributed by atoms with Gasteiger partial charge in [0.2, 0.25) is 0 Å². The van der Waals surface area contributed by atoms with Crippen molar-refractivity contribution < 1.29 is 5.32 Å². The summed E-state index contributed by atoms with van der Waals surface area (Å²) in [5.41, 5.74) is 0. The lowest BCUT2D eigenvalue weighted by Crippen LogP contribution is -2.80. The molecule has 0 unspecified atom stereocenters. The van der Waals surface area contributed by atoms with Gasteiger partial charge in [0.15, 0.2) is 0 Å². The topological polar surface area (TPSA) is 16.6 Å². The maximum absolute atomic E-state index is 2.31. The first kappa shape index (κ1) is 3.16. The third-order valence-corrected chi connectivity index (χ3v) is 0.908. The maximum Gasteiger partial charge on any atom is 0.0463 e. The molecule has 1 saturated heterocycles. The Bertz CT molecular complexity index is 15.2. The number of rotatable bonds is 0. The summed E-state index contributed by atoms with van der Waals surface area (Å²) in [6, 6.07) is 0. The molecular weight excluding hydrogens is 62.1 g/mol. The van der Waals surface area contributed by atoms with E-state index in [1.165, 1.54) is 19.5 Å². The van der Waals surface area contributed by atoms with E-state index in [2.05, 4.69) is 11.7 Å². The number of hydrogen-bond acceptors (Lipinski definition) is 0. The highest BCUT2D eigenvalue weighted by Crippen LogP contribution is 1.80. The molecule has 1 heteroatoms. The second-order valence-electron chi connectivity index (χ2n) is 1.39. The van der Waals surface area contributed by atoms with Crippen LogP contribution in [0.4, 0.5) is 0 Å². The molecule has 1 heterocycles. The molecule has 0 aromatic rings. The molecule has 5 heavy (non-hydrogen) atoms. The van der Waals surface area contributed by atoms with Gasteiger partial charge in [-0.05, 0) is 6.54 Å². The zero-order chi connectivity index (χ0) is 3.54. The Kier molecular flexibility index (Phi) is 0.892. The van der Waals surface area contributed by atoms with Crippen LogP contribution in [-0.2, 0) is 0 Å². The van der Waals surface area contributed by atoms with Crippen molar-refractivity contribution in [1.29, 1.82) is 0 Å². The van der Waals surface area contributed by atoms with Crippen LogP contribution in [0, 0.1) is 6.42 Å². The molecule has 0 aliphatic carbocycles. The predicted molar refractivity (Wildman–Crippen MR) is 20.6 cm³/mol. The fourth-order valence-electron chi connectivity index (χ4n) is 0.589. The first-order valence-electron chi connectivity index (χ1n) is 2.13. The standard InChI is InChI=1S/C4H8N/c1-2-4-5-3-1/h1,5H,2-4H2/q-1/p+1. The van der Waals surface area contributed by atoms with Gasteiger partial charge in [0.25, 0.3) is 0 Å². The van der Waals surface area contributed by atoms with Gasteiger partial charge in [0.1, 0.15) is 0 Å². The zero-order valence-electron chi connectivity index (χ0n) is 3.28. The number of hydrogen-bond donors (Lipinski definition) is 1. The molecule has 0 atom stereocenters. The molecule has 1 aliphatic rings. The van der Waals surface area contributed by atoms with E-state index in [-0.39, 0.29) is 0 Å². The first-order chi connectivity index (χ1) is 2.50. The Morgan fingerprint density at radius 3 is 2.80 bits per heavy atom. The fourth-order valence-corrected chi connectivity index (χ4v) is 0.589. The quantitative estimate of drug-likeness (QED) is 0.358. The fraction of sp³-hybridized carbons (Fsp3) is 0.750. The predicted octanol–water partition coefficient (Wildman–Crippen LogP) is -0.842. The van der Waals surface area contributed by atoms with Gasteiger partial charge >= 0.3 is 0 Å². The smallest absolute Gasteiger partial charge is 0.0463 e. The molecule has 0 spiro atoms. The lowest BCUT2D eigenvalue weighted by Gasteiger charge is -1.81. The number of nitrogens with two attached hydrogens (primary N) is 1. The summed E-state index contributed by atoms with van der Waals surface area (Å²) in [6.45, 7) is 2.57. The minimum atomic E-state index is 1.25. The van der Waals surface area contributed by atoms with Gasteiger partial charge in [0.05, 0.1) is 0 Å². The maximum atomic E-state index is 2.31. The highest BCUT2D eigenvalue weighted by molar-refractivity contribution is 4.63. The first-order valence-corrected chi connectivity index (χ1v) is 2.13. The van der Waals surface area contributed by atoms with Crippen LogP contribution in [0.5, 0.6) is 0 Å². The molecule has 30 valence electrons. The van der Waals surface area contributed by atoms with Crippen LogP contribution < -0.4 is 5.32 Å². The van der Waals surface area contributed by atoms with Gasteiger partial charge in [-0.2, -0.15) is 0 Å². The van der Waals surface area contributed by atoms with E-state index in [1.807, 2.05) is 0 Å². The van der Waals surface area contributed by atoms with Crippen LogP contribution in [0.15, 0.2) is 0 Å². The molecular formula is C4H9N. The summed E-state index contributed by atoms with van der Waals surface area (Å²) < 4.78 is 0. The monoisotopic (exact) mass is 71.1 g/mol. The second-order valence-corrected chi connectivity index (χ2v) is 1.39. The number of quaternary nitrogens is 1. The van der Waals surface area contributed by atoms with Crippen molar-refractivity contribution in [2.75, 3.05) is 13.1 Å². The van der Waals surface area contributed by atoms with Gasteiger partial charge in [-0.3, -0.25) is 6.42 Å². The van der Waals surface area contributed by atoms with E-state index in [0.29, 0.717) is 0 Å². The van der Waals surface area contributed by atoms with Crippen LogP contribution in [0.25, 0.3) is 0 Å². The van der Waals surface area contributed by atoms with Crippen molar-refractivity contribution in [2.24, 2.45) is 0 Å². The Morgan fingerprint density at radius 2 is 2.60 bits per heavy atom.